The molecule has 0 aliphatic carbocycles. The molecule has 2 rings (SSSR count). The quantitative estimate of drug-likeness (QED) is 0.0927. The summed E-state index contributed by atoms with van der Waals surface area (Å²) in [5.41, 5.74) is 1.25. The summed E-state index contributed by atoms with van der Waals surface area (Å²) in [5, 5.41) is 14.5. The van der Waals surface area contributed by atoms with Gasteiger partial charge >= 0.3 is 20.9 Å². The molecule has 0 radical (unpaired) electrons. The van der Waals surface area contributed by atoms with Crippen molar-refractivity contribution < 1.29 is 37.4 Å². The van der Waals surface area contributed by atoms with Crippen LogP contribution in [-0.2, 0) is 22.8 Å². The molecule has 0 heterocycles. The van der Waals surface area contributed by atoms with Crippen LogP contribution in [0.2, 0.25) is 6.04 Å². The van der Waals surface area contributed by atoms with E-state index in [1.165, 1.54) is 0 Å². The Hall–Kier alpha value is -2.92. The van der Waals surface area contributed by atoms with E-state index in [2.05, 4.69) is 5.32 Å². The minimum atomic E-state index is -2.70. The smallest absolute Gasteiger partial charge is 0.494 e. The van der Waals surface area contributed by atoms with Gasteiger partial charge in [0.25, 0.3) is 0 Å². The highest BCUT2D eigenvalue weighted by Gasteiger charge is 2.39. The second-order valence-electron chi connectivity index (χ2n) is 9.49. The molecule has 0 aliphatic heterocycles. The number of hydrogen-bond donors (Lipinski definition) is 2. The van der Waals surface area contributed by atoms with Crippen LogP contribution in [0.25, 0.3) is 16.8 Å². The predicted octanol–water partition coefficient (Wildman–Crippen LogP) is 6.82. The van der Waals surface area contributed by atoms with E-state index in [0.717, 1.165) is 47.8 Å². The standard InChI is InChI=1S/C31H47NO8Si/c1-5-36-29-18-17-26-22-25(15-16-27(26)24-29)23-28(30(33)34)14-11-9-10-12-20-37-31(35)32-19-13-21-41(38-6-2,39-7-3)40-8-4/h15-18,22-24H,5-14,19-21H2,1-4H3,(H,32,35)(H,33,34)/b28-23+. The lowest BCUT2D eigenvalue weighted by atomic mass is 10.0. The topological polar surface area (TPSA) is 113 Å². The van der Waals surface area contributed by atoms with Gasteiger partial charge in [-0.1, -0.05) is 31.0 Å². The van der Waals surface area contributed by atoms with Crippen molar-refractivity contribution in [1.82, 2.24) is 5.32 Å². The van der Waals surface area contributed by atoms with Crippen LogP contribution in [-0.4, -0.2) is 65.6 Å². The van der Waals surface area contributed by atoms with Crippen molar-refractivity contribution in [3.8, 4) is 5.75 Å². The Morgan fingerprint density at radius 2 is 1.49 bits per heavy atom. The van der Waals surface area contributed by atoms with E-state index in [9.17, 15) is 14.7 Å². The highest BCUT2D eigenvalue weighted by atomic mass is 28.4. The number of rotatable bonds is 21. The summed E-state index contributed by atoms with van der Waals surface area (Å²) in [5.74, 6) is -0.0809. The molecule has 0 saturated carbocycles. The van der Waals surface area contributed by atoms with Crippen LogP contribution in [0.1, 0.15) is 71.8 Å². The van der Waals surface area contributed by atoms with E-state index in [4.69, 9.17) is 22.8 Å². The SMILES string of the molecule is CCOc1ccc2cc(/C=C(\CCCCCCOC(=O)NCCC[Si](OCC)(OCC)OCC)C(=O)O)ccc2c1. The van der Waals surface area contributed by atoms with Crippen LogP contribution in [0.3, 0.4) is 0 Å². The van der Waals surface area contributed by atoms with Crippen LogP contribution in [0.5, 0.6) is 5.75 Å². The number of carboxylic acid groups (broad SMARTS) is 1. The molecule has 0 fully saturated rings. The molecule has 9 nitrogen and oxygen atoms in total. The van der Waals surface area contributed by atoms with Crippen molar-refractivity contribution >= 4 is 37.7 Å². The maximum Gasteiger partial charge on any atom is 0.500 e. The highest BCUT2D eigenvalue weighted by molar-refractivity contribution is 6.60. The molecule has 2 aromatic carbocycles. The number of carboxylic acids is 1. The molecule has 0 saturated heterocycles. The lowest BCUT2D eigenvalue weighted by Gasteiger charge is -2.28. The average Bonchev–Trinajstić information content (AvgIpc) is 2.94. The Morgan fingerprint density at radius 3 is 2.15 bits per heavy atom. The lowest BCUT2D eigenvalue weighted by Crippen LogP contribution is -2.46. The fourth-order valence-electron chi connectivity index (χ4n) is 4.51. The number of carbonyl (C=O) groups is 2. The highest BCUT2D eigenvalue weighted by Crippen LogP contribution is 2.24. The number of nitrogens with one attached hydrogen (secondary N) is 1. The van der Waals surface area contributed by atoms with E-state index in [1.807, 2.05) is 64.1 Å². The predicted molar refractivity (Wildman–Crippen MR) is 163 cm³/mol. The molecule has 0 aromatic heterocycles. The van der Waals surface area contributed by atoms with E-state index in [-0.39, 0.29) is 0 Å². The number of ether oxygens (including phenoxy) is 2. The molecule has 41 heavy (non-hydrogen) atoms. The van der Waals surface area contributed by atoms with Gasteiger partial charge in [-0.3, -0.25) is 0 Å². The number of amides is 1. The first kappa shape index (κ1) is 34.3. The summed E-state index contributed by atoms with van der Waals surface area (Å²) < 4.78 is 28.3. The third kappa shape index (κ3) is 12.6. The minimum absolute atomic E-state index is 0.324. The van der Waals surface area contributed by atoms with Gasteiger partial charge in [0.15, 0.2) is 0 Å². The van der Waals surface area contributed by atoms with Gasteiger partial charge in [0.1, 0.15) is 5.75 Å². The monoisotopic (exact) mass is 589 g/mol. The van der Waals surface area contributed by atoms with Crippen molar-refractivity contribution in [3.05, 3.63) is 47.5 Å². The Morgan fingerprint density at radius 1 is 0.829 bits per heavy atom. The molecular weight excluding hydrogens is 542 g/mol. The molecule has 0 atom stereocenters. The van der Waals surface area contributed by atoms with Gasteiger partial charge < -0.3 is 33.2 Å². The van der Waals surface area contributed by atoms with Crippen molar-refractivity contribution in [2.75, 3.05) is 39.6 Å². The summed E-state index contributed by atoms with van der Waals surface area (Å²) in [7, 11) is -2.70. The summed E-state index contributed by atoms with van der Waals surface area (Å²) >= 11 is 0. The summed E-state index contributed by atoms with van der Waals surface area (Å²) in [4.78, 5) is 23.8. The third-order valence-electron chi connectivity index (χ3n) is 6.36. The van der Waals surface area contributed by atoms with E-state index < -0.39 is 20.9 Å². The number of alkyl carbamates (subject to hydrolysis) is 1. The zero-order chi connectivity index (χ0) is 29.9. The van der Waals surface area contributed by atoms with Crippen molar-refractivity contribution in [3.63, 3.8) is 0 Å². The largest absolute Gasteiger partial charge is 0.500 e. The second-order valence-corrected chi connectivity index (χ2v) is 12.2. The number of aliphatic carboxylic acids is 1. The first-order valence-corrected chi connectivity index (χ1v) is 16.7. The van der Waals surface area contributed by atoms with Crippen molar-refractivity contribution in [1.29, 1.82) is 0 Å². The maximum absolute atomic E-state index is 12.0. The number of benzene rings is 2. The number of carbonyl (C=O) groups excluding carboxylic acids is 1. The van der Waals surface area contributed by atoms with Gasteiger partial charge in [0, 0.05) is 38.0 Å². The molecule has 0 spiro atoms. The molecular formula is C31H47NO8Si. The number of fused-ring (bicyclic) bond motifs is 1. The second kappa shape index (κ2) is 19.2. The fourth-order valence-corrected chi connectivity index (χ4v) is 7.13. The normalized spacial score (nSPS) is 12.0. The molecule has 0 aliphatic rings. The van der Waals surface area contributed by atoms with Gasteiger partial charge in [0.2, 0.25) is 0 Å². The van der Waals surface area contributed by atoms with Crippen LogP contribution in [0.4, 0.5) is 4.79 Å². The van der Waals surface area contributed by atoms with Gasteiger partial charge in [-0.05, 0) is 94.0 Å². The Balaban J connectivity index is 1.67. The Labute approximate surface area is 245 Å². The van der Waals surface area contributed by atoms with Crippen LogP contribution >= 0.6 is 0 Å². The number of unbranched alkanes of at least 4 members (excludes halogenated alkanes) is 3. The first-order chi connectivity index (χ1) is 19.9. The van der Waals surface area contributed by atoms with E-state index in [1.54, 1.807) is 6.08 Å². The molecule has 1 amide bonds. The maximum atomic E-state index is 12.0. The van der Waals surface area contributed by atoms with Crippen molar-refractivity contribution in [2.24, 2.45) is 0 Å². The Bertz CT molecular complexity index is 1090. The zero-order valence-electron chi connectivity index (χ0n) is 25.0. The van der Waals surface area contributed by atoms with E-state index >= 15 is 0 Å². The number of hydrogen-bond acceptors (Lipinski definition) is 7. The lowest BCUT2D eigenvalue weighted by molar-refractivity contribution is -0.132. The fraction of sp³-hybridized carbons (Fsp3) is 0.548. The van der Waals surface area contributed by atoms with Crippen molar-refractivity contribution in [2.45, 2.75) is 72.3 Å². The Kier molecular flexibility index (Phi) is 16.1. The van der Waals surface area contributed by atoms with Gasteiger partial charge in [0.05, 0.1) is 13.2 Å². The van der Waals surface area contributed by atoms with Gasteiger partial charge in [-0.25, -0.2) is 9.59 Å². The summed E-state index contributed by atoms with van der Waals surface area (Å²) in [6, 6.07) is 12.4. The average molecular weight is 590 g/mol. The molecule has 228 valence electrons. The molecule has 0 unspecified atom stereocenters. The molecule has 0 bridgehead atoms. The van der Waals surface area contributed by atoms with E-state index in [0.29, 0.717) is 64.0 Å². The summed E-state index contributed by atoms with van der Waals surface area (Å²) in [6.45, 7) is 10.7. The van der Waals surface area contributed by atoms with Gasteiger partial charge in [-0.2, -0.15) is 0 Å². The van der Waals surface area contributed by atoms with Crippen LogP contribution in [0, 0.1) is 0 Å². The minimum Gasteiger partial charge on any atom is -0.494 e. The summed E-state index contributed by atoms with van der Waals surface area (Å²) in [6.07, 6.45) is 5.64. The first-order valence-electron chi connectivity index (χ1n) is 14.8. The third-order valence-corrected chi connectivity index (χ3v) is 9.51. The van der Waals surface area contributed by atoms with Gasteiger partial charge in [-0.15, -0.1) is 0 Å². The molecule has 2 N–H and O–H groups in total. The zero-order valence-corrected chi connectivity index (χ0v) is 26.0. The molecule has 10 heteroatoms. The molecule has 2 aromatic rings. The van der Waals surface area contributed by atoms with Crippen LogP contribution < -0.4 is 10.1 Å². The van der Waals surface area contributed by atoms with Crippen LogP contribution in [0.15, 0.2) is 42.0 Å².